The molecule has 0 atom stereocenters. The molecule has 1 saturated heterocycles. The van der Waals surface area contributed by atoms with Crippen molar-refractivity contribution in [1.29, 1.82) is 5.26 Å². The first-order valence-electron chi connectivity index (χ1n) is 14.3. The maximum absolute atomic E-state index is 13.0. The molecule has 0 saturated carbocycles. The molecule has 1 N–H and O–H groups in total. The molecule has 1 aliphatic heterocycles. The van der Waals surface area contributed by atoms with Gasteiger partial charge in [0.2, 0.25) is 0 Å². The summed E-state index contributed by atoms with van der Waals surface area (Å²) >= 11 is 0. The molecule has 41 heavy (non-hydrogen) atoms. The normalized spacial score (nSPS) is 13.7. The van der Waals surface area contributed by atoms with E-state index in [0.717, 1.165) is 61.7 Å². The maximum atomic E-state index is 13.0. The average molecular weight is 544 g/mol. The predicted octanol–water partition coefficient (Wildman–Crippen LogP) is 6.70. The molecule has 1 fully saturated rings. The lowest BCUT2D eigenvalue weighted by atomic mass is 9.97. The van der Waals surface area contributed by atoms with Crippen LogP contribution < -0.4 is 10.2 Å². The second-order valence-electron chi connectivity index (χ2n) is 11.3. The first-order valence-corrected chi connectivity index (χ1v) is 14.3. The lowest BCUT2D eigenvalue weighted by Gasteiger charge is -2.35. The van der Waals surface area contributed by atoms with Gasteiger partial charge in [-0.1, -0.05) is 56.3 Å². The Bertz CT molecular complexity index is 1510. The molecule has 4 aromatic rings. The van der Waals surface area contributed by atoms with Crippen LogP contribution in [-0.4, -0.2) is 42.0 Å². The zero-order valence-corrected chi connectivity index (χ0v) is 24.1. The molecule has 6 nitrogen and oxygen atoms in total. The van der Waals surface area contributed by atoms with Gasteiger partial charge in [-0.3, -0.25) is 9.69 Å². The van der Waals surface area contributed by atoms with Crippen molar-refractivity contribution >= 4 is 17.4 Å². The number of nitrogens with one attached hydrogen (secondary N) is 1. The summed E-state index contributed by atoms with van der Waals surface area (Å²) in [5.41, 5.74) is 7.63. The quantitative estimate of drug-likeness (QED) is 0.268. The number of carbonyl (C=O) groups is 1. The first kappa shape index (κ1) is 28.1. The van der Waals surface area contributed by atoms with E-state index >= 15 is 0 Å². The van der Waals surface area contributed by atoms with Gasteiger partial charge in [-0.25, -0.2) is 4.98 Å². The van der Waals surface area contributed by atoms with Crippen LogP contribution >= 0.6 is 0 Å². The van der Waals surface area contributed by atoms with Crippen LogP contribution in [0.1, 0.15) is 46.5 Å². The van der Waals surface area contributed by atoms with Crippen molar-refractivity contribution < 1.29 is 4.79 Å². The van der Waals surface area contributed by atoms with Gasteiger partial charge >= 0.3 is 0 Å². The molecule has 1 amide bonds. The molecule has 3 aromatic carbocycles. The van der Waals surface area contributed by atoms with Crippen LogP contribution in [0.15, 0.2) is 85.1 Å². The molecule has 1 aromatic heterocycles. The van der Waals surface area contributed by atoms with Crippen LogP contribution in [-0.2, 0) is 13.0 Å². The number of hydrogen-bond acceptors (Lipinski definition) is 5. The summed E-state index contributed by atoms with van der Waals surface area (Å²) < 4.78 is 0. The van der Waals surface area contributed by atoms with Gasteiger partial charge in [-0.2, -0.15) is 5.26 Å². The Morgan fingerprint density at radius 1 is 0.927 bits per heavy atom. The van der Waals surface area contributed by atoms with Gasteiger partial charge in [0.25, 0.3) is 5.91 Å². The zero-order chi connectivity index (χ0) is 28.8. The number of nitriles is 1. The molecule has 0 radical (unpaired) electrons. The highest BCUT2D eigenvalue weighted by molar-refractivity contribution is 6.05. The summed E-state index contributed by atoms with van der Waals surface area (Å²) in [6, 6.07) is 28.2. The van der Waals surface area contributed by atoms with Crippen molar-refractivity contribution in [2.75, 3.05) is 36.4 Å². The largest absolute Gasteiger partial charge is 0.354 e. The lowest BCUT2D eigenvalue weighted by Crippen LogP contribution is -2.46. The van der Waals surface area contributed by atoms with E-state index in [-0.39, 0.29) is 5.91 Å². The van der Waals surface area contributed by atoms with Crippen molar-refractivity contribution in [3.05, 3.63) is 113 Å². The Hall–Kier alpha value is -4.47. The van der Waals surface area contributed by atoms with Crippen LogP contribution in [0, 0.1) is 24.2 Å². The third-order valence-electron chi connectivity index (χ3n) is 7.60. The maximum Gasteiger partial charge on any atom is 0.255 e. The third-order valence-corrected chi connectivity index (χ3v) is 7.60. The van der Waals surface area contributed by atoms with Gasteiger partial charge in [0.1, 0.15) is 5.82 Å². The molecule has 0 bridgehead atoms. The van der Waals surface area contributed by atoms with E-state index in [1.165, 1.54) is 11.1 Å². The molecular formula is C35H37N5O. The number of hydrogen-bond donors (Lipinski definition) is 1. The number of carbonyl (C=O) groups excluding carboxylic acids is 1. The Morgan fingerprint density at radius 3 is 2.27 bits per heavy atom. The highest BCUT2D eigenvalue weighted by atomic mass is 16.1. The van der Waals surface area contributed by atoms with Crippen molar-refractivity contribution in [3.8, 4) is 17.2 Å². The fraction of sp³-hybridized carbons (Fsp3) is 0.286. The molecule has 208 valence electrons. The number of pyridine rings is 1. The molecule has 1 aliphatic rings. The summed E-state index contributed by atoms with van der Waals surface area (Å²) in [5.74, 6) is 1.43. The van der Waals surface area contributed by atoms with Crippen LogP contribution in [0.5, 0.6) is 0 Å². The minimum absolute atomic E-state index is 0.180. The minimum atomic E-state index is -0.180. The second kappa shape index (κ2) is 12.8. The highest BCUT2D eigenvalue weighted by Gasteiger charge is 2.18. The molecular weight excluding hydrogens is 506 g/mol. The predicted molar refractivity (Wildman–Crippen MR) is 166 cm³/mol. The van der Waals surface area contributed by atoms with Crippen molar-refractivity contribution in [2.45, 2.75) is 33.7 Å². The topological polar surface area (TPSA) is 72.3 Å². The average Bonchev–Trinajstić information content (AvgIpc) is 2.99. The summed E-state index contributed by atoms with van der Waals surface area (Å²) in [7, 11) is 0. The number of aryl methyl sites for hydroxylation is 1. The van der Waals surface area contributed by atoms with E-state index in [1.54, 1.807) is 18.3 Å². The number of piperazine rings is 1. The van der Waals surface area contributed by atoms with Crippen molar-refractivity contribution in [2.24, 2.45) is 5.92 Å². The van der Waals surface area contributed by atoms with Gasteiger partial charge < -0.3 is 10.2 Å². The second-order valence-corrected chi connectivity index (χ2v) is 11.3. The molecule has 0 aliphatic carbocycles. The van der Waals surface area contributed by atoms with E-state index in [4.69, 9.17) is 5.26 Å². The number of benzene rings is 3. The standard InChI is InChI=1S/C35H37N5O/c1-25(2)20-27-5-7-29(8-6-27)24-39-16-18-40(19-17-39)34-15-14-32(23-37-34)38-35(41)31-11-4-26(3)33(21-31)30-12-9-28(22-36)10-13-30/h4-15,21,23,25H,16-20,24H2,1-3H3,(H,38,41). The first-order chi connectivity index (χ1) is 19.9. The van der Waals surface area contributed by atoms with Crippen LogP contribution in [0.2, 0.25) is 0 Å². The summed E-state index contributed by atoms with van der Waals surface area (Å²) in [6.07, 6.45) is 2.86. The van der Waals surface area contributed by atoms with Gasteiger partial charge in [0, 0.05) is 38.3 Å². The summed E-state index contributed by atoms with van der Waals surface area (Å²) in [5, 5.41) is 12.1. The van der Waals surface area contributed by atoms with Gasteiger partial charge in [0.05, 0.1) is 23.5 Å². The molecule has 5 rings (SSSR count). The number of aromatic nitrogens is 1. The van der Waals surface area contributed by atoms with Gasteiger partial charge in [0.15, 0.2) is 0 Å². The summed E-state index contributed by atoms with van der Waals surface area (Å²) in [4.78, 5) is 22.5. The SMILES string of the molecule is Cc1ccc(C(=O)Nc2ccc(N3CCN(Cc4ccc(CC(C)C)cc4)CC3)nc2)cc1-c1ccc(C#N)cc1. The number of amides is 1. The van der Waals surface area contributed by atoms with Crippen molar-refractivity contribution in [1.82, 2.24) is 9.88 Å². The molecule has 6 heteroatoms. The Kier molecular flexibility index (Phi) is 8.76. The van der Waals surface area contributed by atoms with Gasteiger partial charge in [-0.05, 0) is 83.5 Å². The van der Waals surface area contributed by atoms with E-state index in [9.17, 15) is 4.79 Å². The van der Waals surface area contributed by atoms with Gasteiger partial charge in [-0.15, -0.1) is 0 Å². The minimum Gasteiger partial charge on any atom is -0.354 e. The van der Waals surface area contributed by atoms with Crippen molar-refractivity contribution in [3.63, 3.8) is 0 Å². The van der Waals surface area contributed by atoms with Crippen LogP contribution in [0.4, 0.5) is 11.5 Å². The van der Waals surface area contributed by atoms with E-state index in [0.29, 0.717) is 22.7 Å². The Labute approximate surface area is 243 Å². The number of anilines is 2. The highest BCUT2D eigenvalue weighted by Crippen LogP contribution is 2.26. The smallest absolute Gasteiger partial charge is 0.255 e. The molecule has 0 spiro atoms. The lowest BCUT2D eigenvalue weighted by molar-refractivity contribution is 0.102. The van der Waals surface area contributed by atoms with E-state index in [2.05, 4.69) is 64.3 Å². The van der Waals surface area contributed by atoms with Crippen LogP contribution in [0.25, 0.3) is 11.1 Å². The fourth-order valence-corrected chi connectivity index (χ4v) is 5.29. The fourth-order valence-electron chi connectivity index (χ4n) is 5.29. The van der Waals surface area contributed by atoms with Crippen LogP contribution in [0.3, 0.4) is 0 Å². The number of rotatable bonds is 8. The van der Waals surface area contributed by atoms with E-state index in [1.807, 2.05) is 49.4 Å². The monoisotopic (exact) mass is 543 g/mol. The molecule has 0 unspecified atom stereocenters. The summed E-state index contributed by atoms with van der Waals surface area (Å²) in [6.45, 7) is 11.3. The third kappa shape index (κ3) is 7.19. The van der Waals surface area contributed by atoms with E-state index < -0.39 is 0 Å². The zero-order valence-electron chi connectivity index (χ0n) is 24.1. The number of nitrogens with zero attached hydrogens (tertiary/aromatic N) is 4. The Morgan fingerprint density at radius 2 is 1.63 bits per heavy atom. The molecule has 2 heterocycles. The Balaban J connectivity index is 1.15.